The number of nitrogens with zero attached hydrogens (tertiary/aromatic N) is 1. The van der Waals surface area contributed by atoms with Crippen molar-refractivity contribution >= 4 is 0 Å². The van der Waals surface area contributed by atoms with Gasteiger partial charge in [-0.2, -0.15) is 0 Å². The Morgan fingerprint density at radius 3 is 2.88 bits per heavy atom. The summed E-state index contributed by atoms with van der Waals surface area (Å²) in [4.78, 5) is 2.64. The highest BCUT2D eigenvalue weighted by atomic mass is 15.2. The van der Waals surface area contributed by atoms with Gasteiger partial charge in [0.1, 0.15) is 0 Å². The molecule has 2 atom stereocenters. The van der Waals surface area contributed by atoms with Gasteiger partial charge < -0.3 is 10.2 Å². The van der Waals surface area contributed by atoms with Gasteiger partial charge in [-0.1, -0.05) is 30.3 Å². The molecule has 0 amide bonds. The number of hydrogen-bond acceptors (Lipinski definition) is 2. The molecule has 1 N–H and O–H groups in total. The Bertz CT molecular complexity index is 335. The molecule has 2 nitrogen and oxygen atoms in total. The van der Waals surface area contributed by atoms with Crippen LogP contribution >= 0.6 is 0 Å². The van der Waals surface area contributed by atoms with E-state index in [1.54, 1.807) is 0 Å². The van der Waals surface area contributed by atoms with E-state index >= 15 is 0 Å². The van der Waals surface area contributed by atoms with Crippen LogP contribution in [-0.2, 0) is 6.42 Å². The van der Waals surface area contributed by atoms with E-state index in [0.717, 1.165) is 12.0 Å². The Morgan fingerprint density at radius 2 is 2.06 bits per heavy atom. The number of hydrogen-bond donors (Lipinski definition) is 1. The molecule has 0 aromatic heterocycles. The van der Waals surface area contributed by atoms with Crippen molar-refractivity contribution in [3.63, 3.8) is 0 Å². The van der Waals surface area contributed by atoms with Gasteiger partial charge in [0.05, 0.1) is 0 Å². The van der Waals surface area contributed by atoms with E-state index < -0.39 is 0 Å². The normalized spacial score (nSPS) is 29.2. The van der Waals surface area contributed by atoms with E-state index in [4.69, 9.17) is 0 Å². The summed E-state index contributed by atoms with van der Waals surface area (Å²) in [5.74, 6) is 0.916. The van der Waals surface area contributed by atoms with Gasteiger partial charge >= 0.3 is 0 Å². The molecule has 1 aromatic rings. The minimum atomic E-state index is 0.777. The summed E-state index contributed by atoms with van der Waals surface area (Å²) in [6.07, 6.45) is 3.99. The van der Waals surface area contributed by atoms with Gasteiger partial charge in [-0.3, -0.25) is 0 Å². The first-order valence-corrected chi connectivity index (χ1v) is 6.91. The fraction of sp³-hybridized carbons (Fsp3) is 0.600. The lowest BCUT2D eigenvalue weighted by Crippen LogP contribution is -2.40. The first-order valence-electron chi connectivity index (χ1n) is 6.91. The smallest absolute Gasteiger partial charge is 0.0235 e. The fourth-order valence-electron chi connectivity index (χ4n) is 3.25. The van der Waals surface area contributed by atoms with Crippen molar-refractivity contribution in [1.29, 1.82) is 0 Å². The summed E-state index contributed by atoms with van der Waals surface area (Å²) in [6.45, 7) is 5.02. The van der Waals surface area contributed by atoms with Crippen molar-refractivity contribution in [2.75, 3.05) is 26.2 Å². The predicted molar refractivity (Wildman–Crippen MR) is 71.1 cm³/mol. The maximum atomic E-state index is 3.67. The van der Waals surface area contributed by atoms with Crippen LogP contribution in [0.15, 0.2) is 30.3 Å². The van der Waals surface area contributed by atoms with Gasteiger partial charge in [0, 0.05) is 25.7 Å². The Morgan fingerprint density at radius 1 is 1.18 bits per heavy atom. The number of fused-ring (bicyclic) bond motifs is 1. The van der Waals surface area contributed by atoms with Crippen molar-refractivity contribution in [3.05, 3.63) is 35.9 Å². The van der Waals surface area contributed by atoms with E-state index in [-0.39, 0.29) is 0 Å². The number of likely N-dealkylation sites (tertiary alicyclic amines) is 1. The second-order valence-electron chi connectivity index (χ2n) is 5.46. The summed E-state index contributed by atoms with van der Waals surface area (Å²) in [5, 5.41) is 3.67. The van der Waals surface area contributed by atoms with Crippen LogP contribution in [0.2, 0.25) is 0 Å². The summed E-state index contributed by atoms with van der Waals surface area (Å²) >= 11 is 0. The monoisotopic (exact) mass is 230 g/mol. The Hall–Kier alpha value is -0.860. The molecule has 1 aromatic carbocycles. The number of rotatable bonds is 3. The van der Waals surface area contributed by atoms with Gasteiger partial charge in [-0.25, -0.2) is 0 Å². The Kier molecular flexibility index (Phi) is 3.44. The lowest BCUT2D eigenvalue weighted by Gasteiger charge is -2.24. The van der Waals surface area contributed by atoms with Crippen LogP contribution in [0, 0.1) is 5.92 Å². The van der Waals surface area contributed by atoms with Gasteiger partial charge in [0.15, 0.2) is 0 Å². The number of benzene rings is 1. The second kappa shape index (κ2) is 5.19. The molecular weight excluding hydrogens is 208 g/mol. The average molecular weight is 230 g/mol. The van der Waals surface area contributed by atoms with Crippen LogP contribution < -0.4 is 5.32 Å². The summed E-state index contributed by atoms with van der Waals surface area (Å²) < 4.78 is 0. The molecule has 0 saturated carbocycles. The van der Waals surface area contributed by atoms with E-state index in [0.29, 0.717) is 0 Å². The minimum absolute atomic E-state index is 0.777. The van der Waals surface area contributed by atoms with Gasteiger partial charge in [-0.05, 0) is 37.3 Å². The lowest BCUT2D eigenvalue weighted by atomic mass is 9.94. The highest BCUT2D eigenvalue weighted by Gasteiger charge is 2.33. The molecule has 3 rings (SSSR count). The first kappa shape index (κ1) is 11.2. The maximum absolute atomic E-state index is 3.67. The highest BCUT2D eigenvalue weighted by molar-refractivity contribution is 5.15. The molecule has 17 heavy (non-hydrogen) atoms. The molecule has 2 aliphatic heterocycles. The number of nitrogens with one attached hydrogen (secondary N) is 1. The third-order valence-electron chi connectivity index (χ3n) is 4.23. The average Bonchev–Trinajstić information content (AvgIpc) is 2.80. The van der Waals surface area contributed by atoms with E-state index in [1.165, 1.54) is 51.0 Å². The van der Waals surface area contributed by atoms with Crippen molar-refractivity contribution in [2.24, 2.45) is 5.92 Å². The molecule has 0 bridgehead atoms. The predicted octanol–water partition coefficient (Wildman–Crippen LogP) is 1.91. The zero-order chi connectivity index (χ0) is 11.5. The van der Waals surface area contributed by atoms with Crippen LogP contribution in [0.5, 0.6) is 0 Å². The molecule has 0 spiro atoms. The Labute approximate surface area is 104 Å². The van der Waals surface area contributed by atoms with Crippen molar-refractivity contribution in [2.45, 2.75) is 25.3 Å². The molecule has 2 heterocycles. The molecular formula is C15H22N2. The maximum Gasteiger partial charge on any atom is 0.0235 e. The molecule has 0 unspecified atom stereocenters. The molecule has 2 saturated heterocycles. The zero-order valence-electron chi connectivity index (χ0n) is 10.4. The Balaban J connectivity index is 1.50. The van der Waals surface area contributed by atoms with Gasteiger partial charge in [0.2, 0.25) is 0 Å². The largest absolute Gasteiger partial charge is 0.312 e. The van der Waals surface area contributed by atoms with Crippen molar-refractivity contribution in [1.82, 2.24) is 10.2 Å². The van der Waals surface area contributed by atoms with Gasteiger partial charge in [-0.15, -0.1) is 0 Å². The van der Waals surface area contributed by atoms with Gasteiger partial charge in [0.25, 0.3) is 0 Å². The van der Waals surface area contributed by atoms with Crippen molar-refractivity contribution < 1.29 is 0 Å². The molecule has 2 heteroatoms. The molecule has 0 radical (unpaired) electrons. The van der Waals surface area contributed by atoms with Crippen LogP contribution in [0.4, 0.5) is 0 Å². The highest BCUT2D eigenvalue weighted by Crippen LogP contribution is 2.24. The second-order valence-corrected chi connectivity index (χ2v) is 5.46. The SMILES string of the molecule is c1ccc(CCN2C[C@@H]3CCCN[C@@H]3C2)cc1. The topological polar surface area (TPSA) is 15.3 Å². The minimum Gasteiger partial charge on any atom is -0.312 e. The van der Waals surface area contributed by atoms with E-state index in [9.17, 15) is 0 Å². The molecule has 92 valence electrons. The lowest BCUT2D eigenvalue weighted by molar-refractivity contribution is 0.322. The standard InChI is InChI=1S/C15H22N2/c1-2-5-13(6-3-1)8-10-17-11-14-7-4-9-16-15(14)12-17/h1-3,5-6,14-16H,4,7-12H2/t14-,15+/m0/s1. The summed E-state index contributed by atoms with van der Waals surface area (Å²) in [5.41, 5.74) is 1.47. The molecule has 0 aliphatic carbocycles. The van der Waals surface area contributed by atoms with Crippen LogP contribution in [0.3, 0.4) is 0 Å². The molecule has 2 fully saturated rings. The molecule has 2 aliphatic rings. The third-order valence-corrected chi connectivity index (χ3v) is 4.23. The van der Waals surface area contributed by atoms with E-state index in [2.05, 4.69) is 40.5 Å². The summed E-state index contributed by atoms with van der Waals surface area (Å²) in [6, 6.07) is 11.6. The first-order chi connectivity index (χ1) is 8.42. The summed E-state index contributed by atoms with van der Waals surface area (Å²) in [7, 11) is 0. The van der Waals surface area contributed by atoms with Crippen molar-refractivity contribution in [3.8, 4) is 0 Å². The fourth-order valence-corrected chi connectivity index (χ4v) is 3.25. The van der Waals surface area contributed by atoms with Crippen LogP contribution in [0.1, 0.15) is 18.4 Å². The number of piperidine rings is 1. The third kappa shape index (κ3) is 2.70. The van der Waals surface area contributed by atoms with Crippen LogP contribution in [-0.4, -0.2) is 37.1 Å². The quantitative estimate of drug-likeness (QED) is 0.853. The zero-order valence-corrected chi connectivity index (χ0v) is 10.4. The van der Waals surface area contributed by atoms with Crippen LogP contribution in [0.25, 0.3) is 0 Å². The van der Waals surface area contributed by atoms with E-state index in [1.807, 2.05) is 0 Å².